The van der Waals surface area contributed by atoms with Crippen molar-refractivity contribution >= 4 is 21.7 Å². The number of nitrogens with two attached hydrogens (primary N) is 1. The van der Waals surface area contributed by atoms with Crippen LogP contribution in [0.5, 0.6) is 6.01 Å². The molecule has 2 aliphatic carbocycles. The van der Waals surface area contributed by atoms with E-state index in [0.717, 1.165) is 56.0 Å². The Morgan fingerprint density at radius 1 is 1.22 bits per heavy atom. The summed E-state index contributed by atoms with van der Waals surface area (Å²) >= 11 is 0. The summed E-state index contributed by atoms with van der Waals surface area (Å²) in [5, 5.41) is 16.5. The average molecular weight is 516 g/mol. The summed E-state index contributed by atoms with van der Waals surface area (Å²) < 4.78 is 45.3. The Morgan fingerprint density at radius 3 is 2.56 bits per heavy atom. The number of nitrogens with zero attached hydrogens (tertiary/aromatic N) is 5. The standard InChI is InChI=1S/C24H30FN7O3S/c1-3-4-21-30-31-23(32(21)24(2)7-8-24)35-14-15-9-16(10-15)17-12-27-22(28-13-17)29-20-6-5-18(11-19(20)25)36(26,33)34/h5-6,11-13,15-16H,3-4,7-10,14H2,1-2H3,(H2,26,33,34)(H,27,28,29). The summed E-state index contributed by atoms with van der Waals surface area (Å²) in [6.45, 7) is 4.97. The van der Waals surface area contributed by atoms with Gasteiger partial charge in [0.2, 0.25) is 16.0 Å². The average Bonchev–Trinajstić information content (AvgIpc) is 3.41. The van der Waals surface area contributed by atoms with E-state index in [1.807, 2.05) is 0 Å². The van der Waals surface area contributed by atoms with Crippen LogP contribution in [0, 0.1) is 11.7 Å². The normalized spacial score (nSPS) is 20.6. The van der Waals surface area contributed by atoms with Crippen LogP contribution >= 0.6 is 0 Å². The maximum atomic E-state index is 14.2. The van der Waals surface area contributed by atoms with E-state index in [1.165, 1.54) is 12.1 Å². The van der Waals surface area contributed by atoms with Crippen molar-refractivity contribution in [2.75, 3.05) is 11.9 Å². The first-order valence-corrected chi connectivity index (χ1v) is 13.7. The van der Waals surface area contributed by atoms with Crippen molar-refractivity contribution in [2.45, 2.75) is 68.7 Å². The second-order valence-corrected chi connectivity index (χ2v) is 11.5. The summed E-state index contributed by atoms with van der Waals surface area (Å²) in [6.07, 6.45) is 9.57. The first kappa shape index (κ1) is 24.6. The van der Waals surface area contributed by atoms with Crippen molar-refractivity contribution in [2.24, 2.45) is 11.1 Å². The molecule has 0 bridgehead atoms. The molecule has 36 heavy (non-hydrogen) atoms. The van der Waals surface area contributed by atoms with Crippen LogP contribution in [0.25, 0.3) is 0 Å². The lowest BCUT2D eigenvalue weighted by Crippen LogP contribution is -2.28. The van der Waals surface area contributed by atoms with Gasteiger partial charge in [0.25, 0.3) is 0 Å². The van der Waals surface area contributed by atoms with Gasteiger partial charge in [-0.2, -0.15) is 0 Å². The molecule has 10 nitrogen and oxygen atoms in total. The number of hydrogen-bond donors (Lipinski definition) is 2. The van der Waals surface area contributed by atoms with Crippen molar-refractivity contribution in [1.29, 1.82) is 0 Å². The highest BCUT2D eigenvalue weighted by molar-refractivity contribution is 7.89. The fraction of sp³-hybridized carbons (Fsp3) is 0.500. The fourth-order valence-electron chi connectivity index (χ4n) is 4.57. The SMILES string of the molecule is CCCc1nnc(OCC2CC(c3cnc(Nc4ccc(S(N)(=O)=O)cc4F)nc3)C2)n1C1(C)CC1. The molecule has 2 aromatic heterocycles. The highest BCUT2D eigenvalue weighted by Crippen LogP contribution is 2.46. The molecule has 2 aliphatic rings. The zero-order valence-electron chi connectivity index (χ0n) is 20.3. The molecule has 0 spiro atoms. The molecule has 2 heterocycles. The van der Waals surface area contributed by atoms with Crippen LogP contribution in [-0.2, 0) is 22.0 Å². The fourth-order valence-corrected chi connectivity index (χ4v) is 5.10. The third-order valence-corrected chi connectivity index (χ3v) is 7.94. The Balaban J connectivity index is 1.14. The number of hydrogen-bond acceptors (Lipinski definition) is 8. The Morgan fingerprint density at radius 2 is 1.94 bits per heavy atom. The molecule has 5 rings (SSSR count). The maximum Gasteiger partial charge on any atom is 0.317 e. The van der Waals surface area contributed by atoms with Gasteiger partial charge in [-0.05, 0) is 74.6 Å². The molecule has 0 atom stereocenters. The summed E-state index contributed by atoms with van der Waals surface area (Å²) in [6, 6.07) is 4.01. The summed E-state index contributed by atoms with van der Waals surface area (Å²) in [5.74, 6) is 1.23. The zero-order chi connectivity index (χ0) is 25.5. The summed E-state index contributed by atoms with van der Waals surface area (Å²) in [5.41, 5.74) is 1.16. The number of ether oxygens (including phenoxy) is 1. The van der Waals surface area contributed by atoms with E-state index in [2.05, 4.69) is 43.9 Å². The number of anilines is 2. The molecule has 2 fully saturated rings. The number of benzene rings is 1. The zero-order valence-corrected chi connectivity index (χ0v) is 21.1. The number of aryl methyl sites for hydroxylation is 1. The van der Waals surface area contributed by atoms with Gasteiger partial charge in [-0.1, -0.05) is 12.0 Å². The minimum atomic E-state index is -3.97. The third kappa shape index (κ3) is 5.05. The van der Waals surface area contributed by atoms with Crippen molar-refractivity contribution in [3.05, 3.63) is 47.8 Å². The van der Waals surface area contributed by atoms with Gasteiger partial charge in [-0.15, -0.1) is 5.10 Å². The molecule has 0 radical (unpaired) electrons. The Kier molecular flexibility index (Phi) is 6.41. The van der Waals surface area contributed by atoms with Gasteiger partial charge in [0, 0.05) is 24.4 Å². The van der Waals surface area contributed by atoms with Crippen LogP contribution in [0.2, 0.25) is 0 Å². The molecule has 0 saturated heterocycles. The van der Waals surface area contributed by atoms with Gasteiger partial charge in [-0.25, -0.2) is 27.9 Å². The lowest BCUT2D eigenvalue weighted by molar-refractivity contribution is 0.141. The number of halogens is 1. The molecule has 1 aromatic carbocycles. The van der Waals surface area contributed by atoms with E-state index >= 15 is 0 Å². The van der Waals surface area contributed by atoms with Gasteiger partial charge in [0.05, 0.1) is 17.2 Å². The van der Waals surface area contributed by atoms with Gasteiger partial charge < -0.3 is 10.1 Å². The molecular formula is C24H30FN7O3S. The van der Waals surface area contributed by atoms with E-state index in [4.69, 9.17) is 9.88 Å². The lowest BCUT2D eigenvalue weighted by Gasteiger charge is -2.35. The second kappa shape index (κ2) is 9.40. The second-order valence-electron chi connectivity index (χ2n) is 9.98. The smallest absolute Gasteiger partial charge is 0.317 e. The van der Waals surface area contributed by atoms with Crippen LogP contribution in [0.1, 0.15) is 63.3 Å². The lowest BCUT2D eigenvalue weighted by atomic mass is 9.72. The van der Waals surface area contributed by atoms with E-state index in [9.17, 15) is 12.8 Å². The predicted molar refractivity (Wildman–Crippen MR) is 131 cm³/mol. The maximum absolute atomic E-state index is 14.2. The van der Waals surface area contributed by atoms with Crippen LogP contribution in [-0.4, -0.2) is 39.8 Å². The number of sulfonamides is 1. The highest BCUT2D eigenvalue weighted by atomic mass is 32.2. The van der Waals surface area contributed by atoms with Crippen LogP contribution < -0.4 is 15.2 Å². The Labute approximate surface area is 209 Å². The highest BCUT2D eigenvalue weighted by Gasteiger charge is 2.43. The Bertz CT molecular complexity index is 1350. The van der Waals surface area contributed by atoms with E-state index in [-0.39, 0.29) is 22.1 Å². The molecule has 0 amide bonds. The predicted octanol–water partition coefficient (Wildman–Crippen LogP) is 3.63. The molecule has 0 aliphatic heterocycles. The largest absolute Gasteiger partial charge is 0.463 e. The molecule has 0 unspecified atom stereocenters. The molecule has 12 heteroatoms. The molecule has 2 saturated carbocycles. The first-order chi connectivity index (χ1) is 17.2. The first-order valence-electron chi connectivity index (χ1n) is 12.1. The van der Waals surface area contributed by atoms with E-state index in [1.54, 1.807) is 12.4 Å². The van der Waals surface area contributed by atoms with E-state index in [0.29, 0.717) is 24.5 Å². The van der Waals surface area contributed by atoms with Crippen LogP contribution in [0.15, 0.2) is 35.5 Å². The molecular weight excluding hydrogens is 485 g/mol. The van der Waals surface area contributed by atoms with Crippen LogP contribution in [0.4, 0.5) is 16.0 Å². The summed E-state index contributed by atoms with van der Waals surface area (Å²) in [7, 11) is -3.97. The number of aromatic nitrogens is 5. The molecule has 3 N–H and O–H groups in total. The van der Waals surface area contributed by atoms with Crippen molar-refractivity contribution in [1.82, 2.24) is 24.7 Å². The van der Waals surface area contributed by atoms with Gasteiger partial charge in [0.15, 0.2) is 0 Å². The number of primary sulfonamides is 1. The van der Waals surface area contributed by atoms with Gasteiger partial charge in [0.1, 0.15) is 11.6 Å². The number of nitrogens with one attached hydrogen (secondary N) is 1. The quantitative estimate of drug-likeness (QED) is 0.417. The topological polar surface area (TPSA) is 138 Å². The van der Waals surface area contributed by atoms with Gasteiger partial charge >= 0.3 is 6.01 Å². The van der Waals surface area contributed by atoms with Crippen molar-refractivity contribution in [3.8, 4) is 6.01 Å². The minimum Gasteiger partial charge on any atom is -0.463 e. The summed E-state index contributed by atoms with van der Waals surface area (Å²) in [4.78, 5) is 8.28. The van der Waals surface area contributed by atoms with Gasteiger partial charge in [-0.3, -0.25) is 4.57 Å². The Hall–Kier alpha value is -3.12. The van der Waals surface area contributed by atoms with Crippen LogP contribution in [0.3, 0.4) is 0 Å². The number of rotatable bonds is 10. The molecule has 192 valence electrons. The van der Waals surface area contributed by atoms with Crippen molar-refractivity contribution in [3.63, 3.8) is 0 Å². The third-order valence-electron chi connectivity index (χ3n) is 7.03. The van der Waals surface area contributed by atoms with Crippen molar-refractivity contribution < 1.29 is 17.5 Å². The minimum absolute atomic E-state index is 0.0611. The molecule has 3 aromatic rings. The monoisotopic (exact) mass is 515 g/mol. The van der Waals surface area contributed by atoms with E-state index < -0.39 is 15.8 Å².